The molecule has 5 nitrogen and oxygen atoms in total. The first kappa shape index (κ1) is 23.9. The molecular weight excluding hydrogens is 316 g/mol. The Hall–Kier alpha value is -1.10. The van der Waals surface area contributed by atoms with Crippen LogP contribution in [0.4, 0.5) is 0 Å². The number of nitrogens with two attached hydrogens (primary N) is 1. The lowest BCUT2D eigenvalue weighted by molar-refractivity contribution is -0.135. The number of carbonyl (C=O) groups is 2. The van der Waals surface area contributed by atoms with E-state index in [9.17, 15) is 9.59 Å². The summed E-state index contributed by atoms with van der Waals surface area (Å²) in [6.45, 7) is 10.1. The predicted molar refractivity (Wildman–Crippen MR) is 103 cm³/mol. The van der Waals surface area contributed by atoms with E-state index in [4.69, 9.17) is 4.74 Å². The molecule has 0 spiro atoms. The molecule has 1 aliphatic carbocycles. The van der Waals surface area contributed by atoms with Gasteiger partial charge in [-0.1, -0.05) is 33.1 Å². The molecule has 1 heterocycles. The molecule has 1 atom stereocenters. The second kappa shape index (κ2) is 15.2. The van der Waals surface area contributed by atoms with Crippen LogP contribution in [0.5, 0.6) is 0 Å². The molecular formula is C20H40N2O3. The van der Waals surface area contributed by atoms with Gasteiger partial charge >= 0.3 is 0 Å². The van der Waals surface area contributed by atoms with Crippen LogP contribution in [0.2, 0.25) is 0 Å². The first-order chi connectivity index (χ1) is 12.0. The van der Waals surface area contributed by atoms with Crippen molar-refractivity contribution in [2.45, 2.75) is 91.6 Å². The molecule has 0 aromatic carbocycles. The van der Waals surface area contributed by atoms with Gasteiger partial charge in [0, 0.05) is 26.6 Å². The number of piperidine rings is 1. The topological polar surface area (TPSA) is 72.6 Å². The first-order valence-corrected chi connectivity index (χ1v) is 10.1. The van der Waals surface area contributed by atoms with Crippen molar-refractivity contribution in [1.29, 1.82) is 0 Å². The van der Waals surface area contributed by atoms with Gasteiger partial charge in [-0.3, -0.25) is 9.59 Å². The van der Waals surface area contributed by atoms with Crippen LogP contribution in [0.3, 0.4) is 0 Å². The minimum absolute atomic E-state index is 0.0800. The molecule has 2 aliphatic rings. The average molecular weight is 357 g/mol. The Balaban J connectivity index is 0.000000845. The minimum Gasteiger partial charge on any atom is -0.378 e. The summed E-state index contributed by atoms with van der Waals surface area (Å²) in [6, 6.07) is 0. The van der Waals surface area contributed by atoms with Gasteiger partial charge in [0.05, 0.1) is 12.5 Å². The molecule has 1 unspecified atom stereocenters. The fourth-order valence-electron chi connectivity index (χ4n) is 3.23. The second-order valence-electron chi connectivity index (χ2n) is 6.90. The molecule has 1 aliphatic heterocycles. The van der Waals surface area contributed by atoms with E-state index in [0.717, 1.165) is 25.6 Å². The van der Waals surface area contributed by atoms with Crippen LogP contribution in [-0.4, -0.2) is 42.5 Å². The Labute approximate surface area is 154 Å². The molecule has 5 heteroatoms. The summed E-state index contributed by atoms with van der Waals surface area (Å²) in [6.07, 6.45) is 11.0. The van der Waals surface area contributed by atoms with Gasteiger partial charge in [0.1, 0.15) is 0 Å². The highest BCUT2D eigenvalue weighted by Gasteiger charge is 2.20. The van der Waals surface area contributed by atoms with E-state index in [1.165, 1.54) is 58.3 Å². The Morgan fingerprint density at radius 2 is 1.52 bits per heavy atom. The molecule has 0 radical (unpaired) electrons. The van der Waals surface area contributed by atoms with Gasteiger partial charge in [0.15, 0.2) is 0 Å². The normalized spacial score (nSPS) is 19.0. The number of primary amides is 1. The standard InChI is InChI=1S/C16H29NO2.C2H5NO.C2H6/c1-14(19-13-15-8-4-2-5-9-15)12-16(18)17-10-6-3-7-11-17;1-2(3)4;1-2/h14-15H,2-13H2,1H3;1H3,(H2,3,4);1-2H3. The van der Waals surface area contributed by atoms with Crippen LogP contribution in [0, 0.1) is 5.92 Å². The molecule has 2 amide bonds. The lowest BCUT2D eigenvalue weighted by Crippen LogP contribution is -2.37. The number of carbonyl (C=O) groups excluding carboxylic acids is 2. The zero-order chi connectivity index (χ0) is 19.1. The number of nitrogens with zero attached hydrogens (tertiary/aromatic N) is 1. The van der Waals surface area contributed by atoms with E-state index < -0.39 is 0 Å². The summed E-state index contributed by atoms with van der Waals surface area (Å²) in [5, 5.41) is 0. The van der Waals surface area contributed by atoms with Crippen molar-refractivity contribution < 1.29 is 14.3 Å². The van der Waals surface area contributed by atoms with Crippen LogP contribution >= 0.6 is 0 Å². The lowest BCUT2D eigenvalue weighted by atomic mass is 9.90. The summed E-state index contributed by atoms with van der Waals surface area (Å²) in [4.78, 5) is 23.3. The van der Waals surface area contributed by atoms with Crippen molar-refractivity contribution in [3.63, 3.8) is 0 Å². The highest BCUT2D eigenvalue weighted by atomic mass is 16.5. The molecule has 0 aromatic heterocycles. The smallest absolute Gasteiger partial charge is 0.225 e. The third-order valence-electron chi connectivity index (χ3n) is 4.51. The van der Waals surface area contributed by atoms with Crippen molar-refractivity contribution in [3.05, 3.63) is 0 Å². The summed E-state index contributed by atoms with van der Waals surface area (Å²) in [5.74, 6) is 0.692. The number of hydrogen-bond donors (Lipinski definition) is 1. The molecule has 2 rings (SSSR count). The minimum atomic E-state index is -0.333. The second-order valence-corrected chi connectivity index (χ2v) is 6.90. The zero-order valence-electron chi connectivity index (χ0n) is 16.9. The van der Waals surface area contributed by atoms with E-state index >= 15 is 0 Å². The average Bonchev–Trinajstić information content (AvgIpc) is 2.63. The largest absolute Gasteiger partial charge is 0.378 e. The van der Waals surface area contributed by atoms with Gasteiger partial charge in [-0.25, -0.2) is 0 Å². The van der Waals surface area contributed by atoms with Gasteiger partial charge in [-0.2, -0.15) is 0 Å². The third kappa shape index (κ3) is 12.9. The van der Waals surface area contributed by atoms with Crippen LogP contribution in [-0.2, 0) is 14.3 Å². The van der Waals surface area contributed by atoms with Gasteiger partial charge < -0.3 is 15.4 Å². The van der Waals surface area contributed by atoms with Crippen LogP contribution in [0.25, 0.3) is 0 Å². The maximum absolute atomic E-state index is 12.1. The Morgan fingerprint density at radius 3 is 2.04 bits per heavy atom. The molecule has 2 fully saturated rings. The maximum atomic E-state index is 12.1. The Morgan fingerprint density at radius 1 is 1.04 bits per heavy atom. The van der Waals surface area contributed by atoms with Crippen LogP contribution in [0.1, 0.15) is 85.5 Å². The van der Waals surface area contributed by atoms with Gasteiger partial charge in [0.2, 0.25) is 11.8 Å². The highest BCUT2D eigenvalue weighted by molar-refractivity contribution is 5.76. The van der Waals surface area contributed by atoms with E-state index in [2.05, 4.69) is 5.73 Å². The molecule has 0 aromatic rings. The SMILES string of the molecule is CC.CC(CC(=O)N1CCCCC1)OCC1CCCCC1.CC(N)=O. The van der Waals surface area contributed by atoms with Gasteiger partial charge in [-0.15, -0.1) is 0 Å². The third-order valence-corrected chi connectivity index (χ3v) is 4.51. The zero-order valence-corrected chi connectivity index (χ0v) is 16.9. The first-order valence-electron chi connectivity index (χ1n) is 10.1. The van der Waals surface area contributed by atoms with E-state index in [-0.39, 0.29) is 17.9 Å². The molecule has 0 bridgehead atoms. The van der Waals surface area contributed by atoms with Crippen molar-refractivity contribution in [1.82, 2.24) is 4.90 Å². The molecule has 1 saturated carbocycles. The lowest BCUT2D eigenvalue weighted by Gasteiger charge is -2.28. The quantitative estimate of drug-likeness (QED) is 0.812. The molecule has 1 saturated heterocycles. The van der Waals surface area contributed by atoms with E-state index in [1.807, 2.05) is 25.7 Å². The monoisotopic (exact) mass is 356 g/mol. The molecule has 2 N–H and O–H groups in total. The Kier molecular flexibility index (Phi) is 14.5. The van der Waals surface area contributed by atoms with E-state index in [1.54, 1.807) is 0 Å². The Bertz CT molecular complexity index is 345. The fourth-order valence-corrected chi connectivity index (χ4v) is 3.23. The van der Waals surface area contributed by atoms with Crippen molar-refractivity contribution in [2.75, 3.05) is 19.7 Å². The van der Waals surface area contributed by atoms with E-state index in [0.29, 0.717) is 6.42 Å². The number of rotatable bonds is 5. The fraction of sp³-hybridized carbons (Fsp3) is 0.900. The maximum Gasteiger partial charge on any atom is 0.225 e. The van der Waals surface area contributed by atoms with Crippen molar-refractivity contribution >= 4 is 11.8 Å². The number of likely N-dealkylation sites (tertiary alicyclic amines) is 1. The summed E-state index contributed by atoms with van der Waals surface area (Å²) >= 11 is 0. The van der Waals surface area contributed by atoms with Crippen molar-refractivity contribution in [2.24, 2.45) is 11.7 Å². The van der Waals surface area contributed by atoms with Crippen molar-refractivity contribution in [3.8, 4) is 0 Å². The predicted octanol–water partition coefficient (Wildman–Crippen LogP) is 3.89. The molecule has 148 valence electrons. The molecule has 25 heavy (non-hydrogen) atoms. The summed E-state index contributed by atoms with van der Waals surface area (Å²) in [5.41, 5.74) is 4.47. The summed E-state index contributed by atoms with van der Waals surface area (Å²) in [7, 11) is 0. The summed E-state index contributed by atoms with van der Waals surface area (Å²) < 4.78 is 5.90. The number of amides is 2. The number of hydrogen-bond acceptors (Lipinski definition) is 3. The van der Waals surface area contributed by atoms with Crippen LogP contribution in [0.15, 0.2) is 0 Å². The van der Waals surface area contributed by atoms with Crippen LogP contribution < -0.4 is 5.73 Å². The van der Waals surface area contributed by atoms with Gasteiger partial charge in [0.25, 0.3) is 0 Å². The van der Waals surface area contributed by atoms with Gasteiger partial charge in [-0.05, 0) is 44.9 Å². The number of ether oxygens (including phenoxy) is 1. The highest BCUT2D eigenvalue weighted by Crippen LogP contribution is 2.24.